The number of ether oxygens (including phenoxy) is 1. The third-order valence-corrected chi connectivity index (χ3v) is 4.03. The Balaban J connectivity index is 2.25. The van der Waals surface area contributed by atoms with Crippen molar-refractivity contribution in [2.75, 3.05) is 19.5 Å². The zero-order chi connectivity index (χ0) is 17.7. The molecule has 2 amide bonds. The first kappa shape index (κ1) is 17.5. The molecule has 0 heterocycles. The molecule has 2 atom stereocenters. The van der Waals surface area contributed by atoms with Crippen LogP contribution in [0.3, 0.4) is 0 Å². The number of amides is 2. The fourth-order valence-electron chi connectivity index (χ4n) is 2.69. The third-order valence-electron chi connectivity index (χ3n) is 4.03. The second kappa shape index (κ2) is 7.63. The zero-order valence-electron chi connectivity index (χ0n) is 13.5. The van der Waals surface area contributed by atoms with Gasteiger partial charge in [0.1, 0.15) is 5.75 Å². The minimum atomic E-state index is -0.995. The Labute approximate surface area is 139 Å². The molecule has 0 aromatic heterocycles. The number of anilines is 1. The monoisotopic (exact) mass is 332 g/mol. The van der Waals surface area contributed by atoms with Gasteiger partial charge in [-0.05, 0) is 31.0 Å². The summed E-state index contributed by atoms with van der Waals surface area (Å²) in [5.74, 6) is -2.72. The van der Waals surface area contributed by atoms with Crippen molar-refractivity contribution in [2.45, 2.75) is 12.8 Å². The largest absolute Gasteiger partial charge is 0.495 e. The van der Waals surface area contributed by atoms with Gasteiger partial charge in [-0.15, -0.1) is 0 Å². The summed E-state index contributed by atoms with van der Waals surface area (Å²) < 4.78 is 5.20. The highest BCUT2D eigenvalue weighted by molar-refractivity contribution is 5.99. The van der Waals surface area contributed by atoms with Crippen LogP contribution in [0, 0.1) is 11.8 Å². The van der Waals surface area contributed by atoms with Crippen LogP contribution >= 0.6 is 0 Å². The number of rotatable bonds is 5. The molecule has 3 N–H and O–H groups in total. The number of hydrogen-bond acceptors (Lipinski definition) is 4. The second-order valence-corrected chi connectivity index (χ2v) is 5.48. The van der Waals surface area contributed by atoms with Crippen LogP contribution in [0.15, 0.2) is 30.4 Å². The van der Waals surface area contributed by atoms with Crippen LogP contribution in [-0.2, 0) is 9.59 Å². The number of allylic oxidation sites excluding steroid dienone is 2. The summed E-state index contributed by atoms with van der Waals surface area (Å²) in [5.41, 5.74) is 0.703. The van der Waals surface area contributed by atoms with Gasteiger partial charge in [-0.2, -0.15) is 0 Å². The zero-order valence-corrected chi connectivity index (χ0v) is 13.5. The number of carbonyl (C=O) groups excluding carboxylic acids is 2. The summed E-state index contributed by atoms with van der Waals surface area (Å²) in [7, 11) is 2.96. The second-order valence-electron chi connectivity index (χ2n) is 5.48. The Kier molecular flexibility index (Phi) is 5.57. The Morgan fingerprint density at radius 3 is 2.42 bits per heavy atom. The van der Waals surface area contributed by atoms with Crippen LogP contribution in [-0.4, -0.2) is 37.0 Å². The normalized spacial score (nSPS) is 19.4. The van der Waals surface area contributed by atoms with Crippen LogP contribution in [0.5, 0.6) is 5.75 Å². The molecule has 0 saturated carbocycles. The first-order valence-electron chi connectivity index (χ1n) is 7.56. The molecular formula is C17H20N2O5. The van der Waals surface area contributed by atoms with Crippen molar-refractivity contribution >= 4 is 23.5 Å². The van der Waals surface area contributed by atoms with Crippen LogP contribution < -0.4 is 15.4 Å². The van der Waals surface area contributed by atoms with E-state index in [1.54, 1.807) is 18.2 Å². The smallest absolute Gasteiger partial charge is 0.307 e. The van der Waals surface area contributed by atoms with E-state index in [4.69, 9.17) is 4.74 Å². The summed E-state index contributed by atoms with van der Waals surface area (Å²) in [4.78, 5) is 35.6. The Bertz CT molecular complexity index is 684. The van der Waals surface area contributed by atoms with Crippen LogP contribution in [0.2, 0.25) is 0 Å². The van der Waals surface area contributed by atoms with E-state index in [9.17, 15) is 19.5 Å². The highest BCUT2D eigenvalue weighted by atomic mass is 16.5. The molecule has 128 valence electrons. The standard InChI is InChI=1S/C17H20N2O5/c1-18-15(20)10-7-8-14(24-2)13(9-10)19-16(21)11-5-3-4-6-12(11)17(22)23/h3-4,7-9,11-12H,5-6H2,1-2H3,(H,18,20)(H,19,21)(H,22,23)/t11-,12-/m1/s1. The molecule has 1 aliphatic carbocycles. The molecular weight excluding hydrogens is 312 g/mol. The summed E-state index contributed by atoms with van der Waals surface area (Å²) in [6.45, 7) is 0. The van der Waals surface area contributed by atoms with E-state index in [1.807, 2.05) is 6.08 Å². The predicted molar refractivity (Wildman–Crippen MR) is 88.0 cm³/mol. The van der Waals surface area contributed by atoms with Crippen LogP contribution in [0.4, 0.5) is 5.69 Å². The molecule has 2 rings (SSSR count). The average molecular weight is 332 g/mol. The molecule has 7 nitrogen and oxygen atoms in total. The van der Waals surface area contributed by atoms with E-state index in [-0.39, 0.29) is 5.91 Å². The van der Waals surface area contributed by atoms with Crippen molar-refractivity contribution in [3.05, 3.63) is 35.9 Å². The number of carboxylic acid groups (broad SMARTS) is 1. The molecule has 0 fully saturated rings. The van der Waals surface area contributed by atoms with Crippen molar-refractivity contribution in [3.63, 3.8) is 0 Å². The van der Waals surface area contributed by atoms with Gasteiger partial charge in [0.15, 0.2) is 0 Å². The number of methoxy groups -OCH3 is 1. The van der Waals surface area contributed by atoms with E-state index in [0.29, 0.717) is 29.8 Å². The van der Waals surface area contributed by atoms with Gasteiger partial charge in [0.05, 0.1) is 24.6 Å². The lowest BCUT2D eigenvalue weighted by Crippen LogP contribution is -2.34. The fourth-order valence-corrected chi connectivity index (χ4v) is 2.69. The van der Waals surface area contributed by atoms with E-state index < -0.39 is 23.7 Å². The SMILES string of the molecule is CNC(=O)c1ccc(OC)c(NC(=O)[C@@H]2CC=CC[C@H]2C(=O)O)c1. The number of benzene rings is 1. The lowest BCUT2D eigenvalue weighted by atomic mass is 9.82. The molecule has 0 radical (unpaired) electrons. The Morgan fingerprint density at radius 2 is 1.83 bits per heavy atom. The number of aliphatic carboxylic acids is 1. The van der Waals surface area contributed by atoms with Gasteiger partial charge in [0.25, 0.3) is 5.91 Å². The van der Waals surface area contributed by atoms with Gasteiger partial charge >= 0.3 is 5.97 Å². The van der Waals surface area contributed by atoms with Crippen molar-refractivity contribution < 1.29 is 24.2 Å². The molecule has 24 heavy (non-hydrogen) atoms. The lowest BCUT2D eigenvalue weighted by molar-refractivity contribution is -0.146. The fraction of sp³-hybridized carbons (Fsp3) is 0.353. The molecule has 0 spiro atoms. The van der Waals surface area contributed by atoms with E-state index in [2.05, 4.69) is 10.6 Å². The molecule has 0 bridgehead atoms. The summed E-state index contributed by atoms with van der Waals surface area (Å²) in [6, 6.07) is 4.66. The number of carboxylic acids is 1. The molecule has 7 heteroatoms. The minimum absolute atomic E-state index is 0.294. The maximum Gasteiger partial charge on any atom is 0.307 e. The van der Waals surface area contributed by atoms with Gasteiger partial charge in [-0.3, -0.25) is 14.4 Å². The Morgan fingerprint density at radius 1 is 1.17 bits per heavy atom. The minimum Gasteiger partial charge on any atom is -0.495 e. The van der Waals surface area contributed by atoms with Gasteiger partial charge in [0, 0.05) is 12.6 Å². The highest BCUT2D eigenvalue weighted by Crippen LogP contribution is 2.30. The summed E-state index contributed by atoms with van der Waals surface area (Å²) in [6.07, 6.45) is 4.26. The first-order valence-corrected chi connectivity index (χ1v) is 7.56. The number of hydrogen-bond donors (Lipinski definition) is 3. The third kappa shape index (κ3) is 3.73. The van der Waals surface area contributed by atoms with E-state index in [1.165, 1.54) is 20.2 Å². The molecule has 0 saturated heterocycles. The van der Waals surface area contributed by atoms with Crippen molar-refractivity contribution in [2.24, 2.45) is 11.8 Å². The first-order chi connectivity index (χ1) is 11.5. The molecule has 1 aromatic rings. The summed E-state index contributed by atoms with van der Waals surface area (Å²) in [5, 5.41) is 14.5. The van der Waals surface area contributed by atoms with Crippen molar-refractivity contribution in [1.29, 1.82) is 0 Å². The van der Waals surface area contributed by atoms with Crippen LogP contribution in [0.1, 0.15) is 23.2 Å². The molecule has 0 aliphatic heterocycles. The van der Waals surface area contributed by atoms with Gasteiger partial charge < -0.3 is 20.5 Å². The highest BCUT2D eigenvalue weighted by Gasteiger charge is 2.34. The maximum atomic E-state index is 12.5. The van der Waals surface area contributed by atoms with Gasteiger partial charge in [-0.25, -0.2) is 0 Å². The lowest BCUT2D eigenvalue weighted by Gasteiger charge is -2.24. The molecule has 1 aliphatic rings. The molecule has 0 unspecified atom stereocenters. The maximum absolute atomic E-state index is 12.5. The topological polar surface area (TPSA) is 105 Å². The van der Waals surface area contributed by atoms with Gasteiger partial charge in [-0.1, -0.05) is 12.2 Å². The quantitative estimate of drug-likeness (QED) is 0.711. The summed E-state index contributed by atoms with van der Waals surface area (Å²) >= 11 is 0. The number of carbonyl (C=O) groups is 3. The van der Waals surface area contributed by atoms with Crippen molar-refractivity contribution in [3.8, 4) is 5.75 Å². The van der Waals surface area contributed by atoms with E-state index in [0.717, 1.165) is 0 Å². The number of nitrogens with one attached hydrogen (secondary N) is 2. The molecule has 1 aromatic carbocycles. The van der Waals surface area contributed by atoms with E-state index >= 15 is 0 Å². The predicted octanol–water partition coefficient (Wildman–Crippen LogP) is 1.66. The van der Waals surface area contributed by atoms with Crippen LogP contribution in [0.25, 0.3) is 0 Å². The van der Waals surface area contributed by atoms with Crippen molar-refractivity contribution in [1.82, 2.24) is 5.32 Å². The van der Waals surface area contributed by atoms with Gasteiger partial charge in [0.2, 0.25) is 5.91 Å². The average Bonchev–Trinajstić information content (AvgIpc) is 2.60. The Hall–Kier alpha value is -2.83.